The minimum Gasteiger partial charge on any atom is -0.494 e. The minimum atomic E-state index is -4.14. The zero-order chi connectivity index (χ0) is 29.3. The molecular formula is C30H36BrN3O5S. The van der Waals surface area contributed by atoms with Crippen LogP contribution in [-0.2, 0) is 26.2 Å². The summed E-state index contributed by atoms with van der Waals surface area (Å²) in [5.74, 6) is -0.0355. The molecule has 0 saturated heterocycles. The van der Waals surface area contributed by atoms with Gasteiger partial charge in [0.25, 0.3) is 10.0 Å². The molecule has 0 bridgehead atoms. The van der Waals surface area contributed by atoms with Gasteiger partial charge >= 0.3 is 0 Å². The van der Waals surface area contributed by atoms with E-state index in [4.69, 9.17) is 4.74 Å². The van der Waals surface area contributed by atoms with E-state index in [0.717, 1.165) is 14.3 Å². The third-order valence-corrected chi connectivity index (χ3v) is 8.42. The Bertz CT molecular complexity index is 1380. The first kappa shape index (κ1) is 31.2. The van der Waals surface area contributed by atoms with E-state index in [2.05, 4.69) is 21.2 Å². The number of amides is 2. The molecular weight excluding hydrogens is 594 g/mol. The highest BCUT2D eigenvalue weighted by Crippen LogP contribution is 2.26. The van der Waals surface area contributed by atoms with E-state index < -0.39 is 28.5 Å². The van der Waals surface area contributed by atoms with E-state index >= 15 is 0 Å². The molecule has 214 valence electrons. The van der Waals surface area contributed by atoms with Crippen LogP contribution in [0.2, 0.25) is 0 Å². The smallest absolute Gasteiger partial charge is 0.264 e. The van der Waals surface area contributed by atoms with E-state index in [1.54, 1.807) is 49.4 Å². The Morgan fingerprint density at radius 2 is 1.62 bits per heavy atom. The molecule has 1 atom stereocenters. The van der Waals surface area contributed by atoms with Gasteiger partial charge in [-0.1, -0.05) is 60.1 Å². The van der Waals surface area contributed by atoms with Gasteiger partial charge in [-0.25, -0.2) is 8.42 Å². The van der Waals surface area contributed by atoms with Crippen molar-refractivity contribution in [2.24, 2.45) is 5.92 Å². The lowest BCUT2D eigenvalue weighted by molar-refractivity contribution is -0.139. The number of benzene rings is 3. The van der Waals surface area contributed by atoms with E-state index in [1.165, 1.54) is 17.0 Å². The van der Waals surface area contributed by atoms with Crippen molar-refractivity contribution in [3.8, 4) is 5.75 Å². The molecule has 3 rings (SSSR count). The molecule has 0 spiro atoms. The molecule has 0 fully saturated rings. The fourth-order valence-corrected chi connectivity index (χ4v) is 5.85. The number of hydrogen-bond acceptors (Lipinski definition) is 5. The fraction of sp³-hybridized carbons (Fsp3) is 0.333. The molecule has 0 radical (unpaired) electrons. The standard InChI is InChI=1S/C30H36BrN3O5S/c1-5-39-27-14-16-28(17-15-27)40(37,38)34(26-12-7-6-8-13-26)21-29(35)33(20-24-10-9-11-25(31)18-24)23(4)30(36)32-19-22(2)3/h6-18,22-23H,5,19-21H2,1-4H3,(H,32,36)/t23-/m0/s1. The molecule has 40 heavy (non-hydrogen) atoms. The van der Waals surface area contributed by atoms with Gasteiger partial charge in [0.2, 0.25) is 11.8 Å². The van der Waals surface area contributed by atoms with Gasteiger partial charge in [0.1, 0.15) is 18.3 Å². The lowest BCUT2D eigenvalue weighted by Crippen LogP contribution is -2.51. The maximum absolute atomic E-state index is 13.9. The quantitative estimate of drug-likeness (QED) is 0.279. The van der Waals surface area contributed by atoms with Gasteiger partial charge < -0.3 is 15.0 Å². The molecule has 10 heteroatoms. The summed E-state index contributed by atoms with van der Waals surface area (Å²) < 4.78 is 35.1. The van der Waals surface area contributed by atoms with Crippen LogP contribution < -0.4 is 14.4 Å². The first-order valence-corrected chi connectivity index (χ1v) is 15.4. The second-order valence-corrected chi connectivity index (χ2v) is 12.5. The van der Waals surface area contributed by atoms with E-state index in [0.29, 0.717) is 24.6 Å². The van der Waals surface area contributed by atoms with Crippen LogP contribution in [0.5, 0.6) is 5.75 Å². The van der Waals surface area contributed by atoms with Crippen molar-refractivity contribution in [2.45, 2.75) is 45.2 Å². The second kappa shape index (κ2) is 14.3. The topological polar surface area (TPSA) is 96.0 Å². The predicted molar refractivity (Wildman–Crippen MR) is 161 cm³/mol. The number of sulfonamides is 1. The maximum Gasteiger partial charge on any atom is 0.264 e. The molecule has 0 aliphatic carbocycles. The van der Waals surface area contributed by atoms with Gasteiger partial charge in [0.15, 0.2) is 0 Å². The van der Waals surface area contributed by atoms with E-state index in [9.17, 15) is 18.0 Å². The number of carbonyl (C=O) groups is 2. The summed E-state index contributed by atoms with van der Waals surface area (Å²) in [6, 6.07) is 21.2. The molecule has 3 aromatic carbocycles. The Hall–Kier alpha value is -3.37. The first-order chi connectivity index (χ1) is 19.0. The van der Waals surface area contributed by atoms with Gasteiger partial charge in [0, 0.05) is 17.6 Å². The second-order valence-electron chi connectivity index (χ2n) is 9.72. The highest BCUT2D eigenvalue weighted by molar-refractivity contribution is 9.10. The zero-order valence-electron chi connectivity index (χ0n) is 23.2. The van der Waals surface area contributed by atoms with Crippen LogP contribution in [0, 0.1) is 5.92 Å². The molecule has 0 aliphatic heterocycles. The summed E-state index contributed by atoms with van der Waals surface area (Å²) in [6.45, 7) is 8.02. The summed E-state index contributed by atoms with van der Waals surface area (Å²) in [5.41, 5.74) is 1.14. The van der Waals surface area contributed by atoms with Crippen molar-refractivity contribution in [3.63, 3.8) is 0 Å². The molecule has 8 nitrogen and oxygen atoms in total. The molecule has 2 amide bonds. The van der Waals surface area contributed by atoms with Gasteiger partial charge in [-0.2, -0.15) is 0 Å². The molecule has 0 saturated carbocycles. The molecule has 0 aliphatic rings. The summed E-state index contributed by atoms with van der Waals surface area (Å²) in [5, 5.41) is 2.89. The highest BCUT2D eigenvalue weighted by Gasteiger charge is 2.32. The fourth-order valence-electron chi connectivity index (χ4n) is 3.99. The van der Waals surface area contributed by atoms with Gasteiger partial charge in [0.05, 0.1) is 17.2 Å². The van der Waals surface area contributed by atoms with Crippen molar-refractivity contribution < 1.29 is 22.7 Å². The minimum absolute atomic E-state index is 0.0221. The van der Waals surface area contributed by atoms with Crippen LogP contribution in [0.4, 0.5) is 5.69 Å². The van der Waals surface area contributed by atoms with Crippen molar-refractivity contribution >= 4 is 43.5 Å². The average Bonchev–Trinajstić information content (AvgIpc) is 2.93. The highest BCUT2D eigenvalue weighted by atomic mass is 79.9. The third-order valence-electron chi connectivity index (χ3n) is 6.14. The van der Waals surface area contributed by atoms with Crippen molar-refractivity contribution in [3.05, 3.63) is 88.9 Å². The zero-order valence-corrected chi connectivity index (χ0v) is 25.6. The normalized spacial score (nSPS) is 12.1. The summed E-state index contributed by atoms with van der Waals surface area (Å²) in [7, 11) is -4.14. The number of nitrogens with zero attached hydrogens (tertiary/aromatic N) is 2. The average molecular weight is 631 g/mol. The summed E-state index contributed by atoms with van der Waals surface area (Å²) >= 11 is 3.45. The third kappa shape index (κ3) is 8.32. The number of anilines is 1. The SMILES string of the molecule is CCOc1ccc(S(=O)(=O)N(CC(=O)N(Cc2cccc(Br)c2)[C@@H](C)C(=O)NCC(C)C)c2ccccc2)cc1. The Labute approximate surface area is 245 Å². The maximum atomic E-state index is 13.9. The molecule has 0 heterocycles. The molecule has 3 aromatic rings. The number of halogens is 1. The summed E-state index contributed by atoms with van der Waals surface area (Å²) in [4.78, 5) is 28.4. The number of carbonyl (C=O) groups excluding carboxylic acids is 2. The lowest BCUT2D eigenvalue weighted by Gasteiger charge is -2.32. The van der Waals surface area contributed by atoms with Crippen molar-refractivity contribution in [2.75, 3.05) is 24.0 Å². The van der Waals surface area contributed by atoms with Crippen molar-refractivity contribution in [1.29, 1.82) is 0 Å². The molecule has 0 aromatic heterocycles. The largest absolute Gasteiger partial charge is 0.494 e. The Kier molecular flexibility index (Phi) is 11.2. The van der Waals surface area contributed by atoms with E-state index in [-0.39, 0.29) is 23.3 Å². The van der Waals surface area contributed by atoms with Crippen LogP contribution in [0.1, 0.15) is 33.3 Å². The van der Waals surface area contributed by atoms with Crippen molar-refractivity contribution in [1.82, 2.24) is 10.2 Å². The molecule has 1 N–H and O–H groups in total. The number of para-hydroxylation sites is 1. The predicted octanol–water partition coefficient (Wildman–Crippen LogP) is 5.23. The van der Waals surface area contributed by atoms with E-state index in [1.807, 2.05) is 45.0 Å². The molecule has 0 unspecified atom stereocenters. The lowest BCUT2D eigenvalue weighted by atomic mass is 10.1. The van der Waals surface area contributed by atoms with Gasteiger partial charge in [-0.15, -0.1) is 0 Å². The van der Waals surface area contributed by atoms with Crippen LogP contribution in [0.3, 0.4) is 0 Å². The van der Waals surface area contributed by atoms with Crippen LogP contribution in [-0.4, -0.2) is 50.9 Å². The van der Waals surface area contributed by atoms with Gasteiger partial charge in [-0.3, -0.25) is 13.9 Å². The van der Waals surface area contributed by atoms with Crippen LogP contribution >= 0.6 is 15.9 Å². The Morgan fingerprint density at radius 3 is 2.23 bits per heavy atom. The monoisotopic (exact) mass is 629 g/mol. The number of ether oxygens (including phenoxy) is 1. The van der Waals surface area contributed by atoms with Gasteiger partial charge in [-0.05, 0) is 73.9 Å². The number of nitrogens with one attached hydrogen (secondary N) is 1. The van der Waals surface area contributed by atoms with Crippen LogP contribution in [0.25, 0.3) is 0 Å². The summed E-state index contributed by atoms with van der Waals surface area (Å²) in [6.07, 6.45) is 0. The first-order valence-electron chi connectivity index (χ1n) is 13.1. The number of rotatable bonds is 13. The number of hydrogen-bond donors (Lipinski definition) is 1. The Balaban J connectivity index is 1.98. The Morgan fingerprint density at radius 1 is 0.950 bits per heavy atom. The van der Waals surface area contributed by atoms with Crippen LogP contribution in [0.15, 0.2) is 88.2 Å².